The van der Waals surface area contributed by atoms with Crippen molar-refractivity contribution in [2.75, 3.05) is 24.6 Å². The lowest BCUT2D eigenvalue weighted by molar-refractivity contribution is 0.336. The van der Waals surface area contributed by atoms with Crippen molar-refractivity contribution in [3.63, 3.8) is 0 Å². The van der Waals surface area contributed by atoms with Gasteiger partial charge in [-0.1, -0.05) is 0 Å². The van der Waals surface area contributed by atoms with Crippen LogP contribution in [0.2, 0.25) is 0 Å². The van der Waals surface area contributed by atoms with Crippen LogP contribution in [0.3, 0.4) is 0 Å². The van der Waals surface area contributed by atoms with Crippen LogP contribution in [0.1, 0.15) is 6.92 Å². The van der Waals surface area contributed by atoms with Crippen LogP contribution in [0.5, 0.6) is 5.75 Å². The van der Waals surface area contributed by atoms with Crippen molar-refractivity contribution in [2.45, 2.75) is 13.0 Å². The lowest BCUT2D eigenvalue weighted by Gasteiger charge is -2.38. The van der Waals surface area contributed by atoms with Crippen LogP contribution in [0.4, 0.5) is 5.82 Å². The molecule has 1 aromatic rings. The molecule has 0 spiro atoms. The largest absolute Gasteiger partial charge is 0.490 e. The van der Waals surface area contributed by atoms with E-state index in [1.165, 1.54) is 0 Å². The van der Waals surface area contributed by atoms with E-state index in [4.69, 9.17) is 10.5 Å². The van der Waals surface area contributed by atoms with Crippen LogP contribution in [-0.2, 0) is 0 Å². The molecule has 76 valence electrons. The van der Waals surface area contributed by atoms with Gasteiger partial charge in [-0.15, -0.1) is 0 Å². The van der Waals surface area contributed by atoms with E-state index in [2.05, 4.69) is 9.88 Å². The fourth-order valence-electron chi connectivity index (χ4n) is 1.57. The zero-order valence-corrected chi connectivity index (χ0v) is 8.31. The summed E-state index contributed by atoms with van der Waals surface area (Å²) in [6, 6.07) is 4.11. The molecule has 1 aromatic heterocycles. The Labute approximate surface area is 83.7 Å². The molecule has 2 heterocycles. The van der Waals surface area contributed by atoms with Crippen molar-refractivity contribution in [3.8, 4) is 5.75 Å². The van der Waals surface area contributed by atoms with Crippen LogP contribution in [0.25, 0.3) is 0 Å². The molecule has 0 saturated carbocycles. The first-order chi connectivity index (χ1) is 6.81. The Balaban J connectivity index is 2.15. The molecule has 0 bridgehead atoms. The molecule has 0 radical (unpaired) electrons. The minimum Gasteiger partial charge on any atom is -0.490 e. The van der Waals surface area contributed by atoms with E-state index in [1.54, 1.807) is 6.20 Å². The number of hydrogen-bond donors (Lipinski definition) is 1. The fourth-order valence-corrected chi connectivity index (χ4v) is 1.57. The number of pyridine rings is 1. The van der Waals surface area contributed by atoms with Gasteiger partial charge in [-0.25, -0.2) is 4.98 Å². The van der Waals surface area contributed by atoms with E-state index in [-0.39, 0.29) is 6.04 Å². The van der Waals surface area contributed by atoms with Crippen molar-refractivity contribution in [1.29, 1.82) is 0 Å². The van der Waals surface area contributed by atoms with Crippen LogP contribution in [0, 0.1) is 0 Å². The van der Waals surface area contributed by atoms with Gasteiger partial charge in [0.05, 0.1) is 6.61 Å². The second kappa shape index (κ2) is 3.84. The molecule has 0 amide bonds. The Morgan fingerprint density at radius 2 is 2.43 bits per heavy atom. The van der Waals surface area contributed by atoms with E-state index in [1.807, 2.05) is 19.1 Å². The summed E-state index contributed by atoms with van der Waals surface area (Å²) in [6.07, 6.45) is 1.78. The quantitative estimate of drug-likeness (QED) is 0.765. The Hall–Kier alpha value is -1.29. The minimum absolute atomic E-state index is 0.284. The first-order valence-corrected chi connectivity index (χ1v) is 4.89. The van der Waals surface area contributed by atoms with Crippen molar-refractivity contribution >= 4 is 5.82 Å². The first-order valence-electron chi connectivity index (χ1n) is 4.89. The molecule has 0 unspecified atom stereocenters. The predicted molar refractivity (Wildman–Crippen MR) is 55.6 cm³/mol. The average molecular weight is 193 g/mol. The maximum atomic E-state index is 5.72. The van der Waals surface area contributed by atoms with Crippen LogP contribution >= 0.6 is 0 Å². The number of anilines is 1. The highest BCUT2D eigenvalue weighted by Gasteiger charge is 2.26. The SMILES string of the molecule is CCOc1cccnc1N1CC(N)C1. The van der Waals surface area contributed by atoms with Crippen LogP contribution in [0.15, 0.2) is 18.3 Å². The maximum Gasteiger partial charge on any atom is 0.171 e. The summed E-state index contributed by atoms with van der Waals surface area (Å²) in [5, 5.41) is 0. The lowest BCUT2D eigenvalue weighted by atomic mass is 10.1. The van der Waals surface area contributed by atoms with Crippen molar-refractivity contribution in [3.05, 3.63) is 18.3 Å². The fraction of sp³-hybridized carbons (Fsp3) is 0.500. The molecule has 4 heteroatoms. The van der Waals surface area contributed by atoms with Crippen LogP contribution < -0.4 is 15.4 Å². The topological polar surface area (TPSA) is 51.4 Å². The van der Waals surface area contributed by atoms with Crippen molar-refractivity contribution in [2.24, 2.45) is 5.73 Å². The summed E-state index contributed by atoms with van der Waals surface area (Å²) in [6.45, 7) is 4.38. The van der Waals surface area contributed by atoms with E-state index in [0.717, 1.165) is 24.7 Å². The van der Waals surface area contributed by atoms with Gasteiger partial charge in [-0.2, -0.15) is 0 Å². The highest BCUT2D eigenvalue weighted by atomic mass is 16.5. The molecular formula is C10H15N3O. The Morgan fingerprint density at radius 1 is 1.64 bits per heavy atom. The highest BCUT2D eigenvalue weighted by Crippen LogP contribution is 2.28. The molecule has 4 nitrogen and oxygen atoms in total. The summed E-state index contributed by atoms with van der Waals surface area (Å²) in [5.41, 5.74) is 5.72. The molecule has 0 aromatic carbocycles. The first kappa shape index (κ1) is 9.27. The third-order valence-electron chi connectivity index (χ3n) is 2.26. The van der Waals surface area contributed by atoms with E-state index >= 15 is 0 Å². The Morgan fingerprint density at radius 3 is 3.07 bits per heavy atom. The third-order valence-corrected chi connectivity index (χ3v) is 2.26. The predicted octanol–water partition coefficient (Wildman–Crippen LogP) is 0.628. The number of rotatable bonds is 3. The van der Waals surface area contributed by atoms with Gasteiger partial charge in [0.1, 0.15) is 0 Å². The van der Waals surface area contributed by atoms with Gasteiger partial charge in [-0.05, 0) is 19.1 Å². The number of ether oxygens (including phenoxy) is 1. The zero-order chi connectivity index (χ0) is 9.97. The summed E-state index contributed by atoms with van der Waals surface area (Å²) in [4.78, 5) is 6.43. The van der Waals surface area contributed by atoms with Crippen LogP contribution in [-0.4, -0.2) is 30.7 Å². The molecule has 0 atom stereocenters. The van der Waals surface area contributed by atoms with Gasteiger partial charge in [0, 0.05) is 25.3 Å². The average Bonchev–Trinajstić information content (AvgIpc) is 2.15. The maximum absolute atomic E-state index is 5.72. The molecule has 2 N–H and O–H groups in total. The standard InChI is InChI=1S/C10H15N3O/c1-2-14-9-4-3-5-12-10(9)13-6-8(11)7-13/h3-5,8H,2,6-7,11H2,1H3. The monoisotopic (exact) mass is 193 g/mol. The Bertz CT molecular complexity index is 310. The third kappa shape index (κ3) is 1.65. The van der Waals surface area contributed by atoms with Crippen molar-refractivity contribution in [1.82, 2.24) is 4.98 Å². The number of nitrogens with zero attached hydrogens (tertiary/aromatic N) is 2. The second-order valence-corrected chi connectivity index (χ2v) is 3.42. The number of aromatic nitrogens is 1. The molecule has 0 aliphatic carbocycles. The molecule has 14 heavy (non-hydrogen) atoms. The summed E-state index contributed by atoms with van der Waals surface area (Å²) in [7, 11) is 0. The summed E-state index contributed by atoms with van der Waals surface area (Å²) >= 11 is 0. The van der Waals surface area contributed by atoms with Gasteiger partial charge in [-0.3, -0.25) is 0 Å². The number of hydrogen-bond acceptors (Lipinski definition) is 4. The van der Waals surface area contributed by atoms with E-state index < -0.39 is 0 Å². The molecule has 1 aliphatic rings. The van der Waals surface area contributed by atoms with Gasteiger partial charge in [0.15, 0.2) is 11.6 Å². The molecule has 2 rings (SSSR count). The van der Waals surface area contributed by atoms with E-state index in [0.29, 0.717) is 6.61 Å². The highest BCUT2D eigenvalue weighted by molar-refractivity contribution is 5.54. The van der Waals surface area contributed by atoms with E-state index in [9.17, 15) is 0 Å². The van der Waals surface area contributed by atoms with Crippen molar-refractivity contribution < 1.29 is 4.74 Å². The normalized spacial score (nSPS) is 16.6. The lowest BCUT2D eigenvalue weighted by Crippen LogP contribution is -2.56. The number of nitrogens with two attached hydrogens (primary N) is 1. The van der Waals surface area contributed by atoms with Gasteiger partial charge >= 0.3 is 0 Å². The molecule has 1 saturated heterocycles. The second-order valence-electron chi connectivity index (χ2n) is 3.42. The smallest absolute Gasteiger partial charge is 0.171 e. The zero-order valence-electron chi connectivity index (χ0n) is 8.31. The Kier molecular flexibility index (Phi) is 2.54. The minimum atomic E-state index is 0.284. The van der Waals surface area contributed by atoms with Gasteiger partial charge < -0.3 is 15.4 Å². The molecule has 1 aliphatic heterocycles. The molecule has 1 fully saturated rings. The molecular weight excluding hydrogens is 178 g/mol. The van der Waals surface area contributed by atoms with Gasteiger partial charge in [0.25, 0.3) is 0 Å². The van der Waals surface area contributed by atoms with Gasteiger partial charge in [0.2, 0.25) is 0 Å². The summed E-state index contributed by atoms with van der Waals surface area (Å²) < 4.78 is 5.48. The summed E-state index contributed by atoms with van der Waals surface area (Å²) in [5.74, 6) is 1.76.